The SMILES string of the molecule is CCCC(=O)O.CCCCN.CCCCN.CCCCN.CCCCN. The molecule has 26 heavy (non-hydrogen) atoms. The van der Waals surface area contributed by atoms with Crippen LogP contribution >= 0.6 is 0 Å². The van der Waals surface area contributed by atoms with E-state index >= 15 is 0 Å². The first-order valence-corrected chi connectivity index (χ1v) is 10.4. The van der Waals surface area contributed by atoms with Gasteiger partial charge in [-0.15, -0.1) is 0 Å². The molecule has 0 amide bonds. The van der Waals surface area contributed by atoms with Gasteiger partial charge in [0.25, 0.3) is 0 Å². The molecule has 0 saturated carbocycles. The summed E-state index contributed by atoms with van der Waals surface area (Å²) in [6, 6.07) is 0. The van der Waals surface area contributed by atoms with Gasteiger partial charge in [0.15, 0.2) is 0 Å². The fourth-order valence-electron chi connectivity index (χ4n) is 1.03. The highest BCUT2D eigenvalue weighted by molar-refractivity contribution is 5.66. The molecule has 6 heteroatoms. The van der Waals surface area contributed by atoms with E-state index in [1.54, 1.807) is 0 Å². The summed E-state index contributed by atoms with van der Waals surface area (Å²) in [5, 5.41) is 7.91. The Morgan fingerprint density at radius 3 is 0.808 bits per heavy atom. The highest BCUT2D eigenvalue weighted by Gasteiger charge is 1.87. The van der Waals surface area contributed by atoms with Crippen LogP contribution in [0, 0.1) is 0 Å². The minimum atomic E-state index is -0.711. The highest BCUT2D eigenvalue weighted by Crippen LogP contribution is 1.82. The molecular weight excluding hydrogens is 328 g/mol. The zero-order valence-electron chi connectivity index (χ0n) is 18.6. The first-order chi connectivity index (χ1) is 12.4. The molecule has 0 bridgehead atoms. The average Bonchev–Trinajstić information content (AvgIpc) is 2.60. The summed E-state index contributed by atoms with van der Waals surface area (Å²) < 4.78 is 0. The van der Waals surface area contributed by atoms with Gasteiger partial charge in [-0.3, -0.25) is 4.79 Å². The predicted octanol–water partition coefficient (Wildman–Crippen LogP) is 3.85. The van der Waals surface area contributed by atoms with E-state index in [0.717, 1.165) is 32.6 Å². The average molecular weight is 381 g/mol. The Labute approximate surface area is 164 Å². The van der Waals surface area contributed by atoms with Crippen molar-refractivity contribution in [3.8, 4) is 0 Å². The summed E-state index contributed by atoms with van der Waals surface area (Å²) in [6.07, 6.45) is 10.6. The quantitative estimate of drug-likeness (QED) is 0.389. The van der Waals surface area contributed by atoms with E-state index in [0.29, 0.717) is 6.42 Å². The molecule has 0 aliphatic heterocycles. The number of hydrogen-bond donors (Lipinski definition) is 5. The molecule has 0 aliphatic carbocycles. The largest absolute Gasteiger partial charge is 0.481 e. The van der Waals surface area contributed by atoms with E-state index in [1.807, 2.05) is 6.92 Å². The second-order valence-corrected chi connectivity index (χ2v) is 5.71. The van der Waals surface area contributed by atoms with Gasteiger partial charge >= 0.3 is 5.97 Å². The maximum absolute atomic E-state index is 9.60. The van der Waals surface area contributed by atoms with Crippen LogP contribution in [-0.4, -0.2) is 37.3 Å². The molecule has 0 fully saturated rings. The van der Waals surface area contributed by atoms with Crippen molar-refractivity contribution in [1.29, 1.82) is 0 Å². The van der Waals surface area contributed by atoms with E-state index < -0.39 is 5.97 Å². The first-order valence-electron chi connectivity index (χ1n) is 10.4. The second-order valence-electron chi connectivity index (χ2n) is 5.71. The van der Waals surface area contributed by atoms with Gasteiger partial charge in [0.1, 0.15) is 0 Å². The van der Waals surface area contributed by atoms with Gasteiger partial charge in [-0.1, -0.05) is 60.3 Å². The minimum absolute atomic E-state index is 0.292. The van der Waals surface area contributed by atoms with Gasteiger partial charge in [-0.05, 0) is 58.3 Å². The van der Waals surface area contributed by atoms with Crippen molar-refractivity contribution in [3.05, 3.63) is 0 Å². The fourth-order valence-corrected chi connectivity index (χ4v) is 1.03. The van der Waals surface area contributed by atoms with Gasteiger partial charge in [0.2, 0.25) is 0 Å². The molecule has 0 spiro atoms. The van der Waals surface area contributed by atoms with E-state index in [2.05, 4.69) is 27.7 Å². The lowest BCUT2D eigenvalue weighted by Crippen LogP contribution is -1.95. The Bertz CT molecular complexity index is 163. The van der Waals surface area contributed by atoms with Gasteiger partial charge in [-0.25, -0.2) is 0 Å². The number of unbranched alkanes of at least 4 members (excludes halogenated alkanes) is 4. The van der Waals surface area contributed by atoms with Gasteiger partial charge in [-0.2, -0.15) is 0 Å². The molecule has 0 rings (SSSR count). The third-order valence-electron chi connectivity index (χ3n) is 2.69. The van der Waals surface area contributed by atoms with Crippen LogP contribution < -0.4 is 22.9 Å². The van der Waals surface area contributed by atoms with Crippen LogP contribution in [0.5, 0.6) is 0 Å². The fraction of sp³-hybridized carbons (Fsp3) is 0.950. The summed E-state index contributed by atoms with van der Waals surface area (Å²) >= 11 is 0. The third-order valence-corrected chi connectivity index (χ3v) is 2.69. The Balaban J connectivity index is -0.0000000708. The summed E-state index contributed by atoms with van der Waals surface area (Å²) in [5.74, 6) is -0.711. The molecule has 0 unspecified atom stereocenters. The lowest BCUT2D eigenvalue weighted by molar-refractivity contribution is -0.137. The molecule has 0 aromatic carbocycles. The predicted molar refractivity (Wildman–Crippen MR) is 118 cm³/mol. The summed E-state index contributed by atoms with van der Waals surface area (Å²) in [4.78, 5) is 9.60. The van der Waals surface area contributed by atoms with Crippen LogP contribution in [0.25, 0.3) is 0 Å². The topological polar surface area (TPSA) is 141 Å². The third kappa shape index (κ3) is 109. The van der Waals surface area contributed by atoms with Crippen molar-refractivity contribution in [1.82, 2.24) is 0 Å². The molecule has 6 nitrogen and oxygen atoms in total. The molecule has 164 valence electrons. The molecule has 0 atom stereocenters. The summed E-state index contributed by atoms with van der Waals surface area (Å²) in [7, 11) is 0. The Hall–Kier alpha value is -0.690. The van der Waals surface area contributed by atoms with Gasteiger partial charge < -0.3 is 28.0 Å². The van der Waals surface area contributed by atoms with Crippen LogP contribution in [-0.2, 0) is 4.79 Å². The molecule has 9 N–H and O–H groups in total. The van der Waals surface area contributed by atoms with Crippen molar-refractivity contribution < 1.29 is 9.90 Å². The smallest absolute Gasteiger partial charge is 0.303 e. The van der Waals surface area contributed by atoms with Crippen molar-refractivity contribution in [3.63, 3.8) is 0 Å². The summed E-state index contributed by atoms with van der Waals surface area (Å²) in [6.45, 7) is 13.7. The maximum Gasteiger partial charge on any atom is 0.303 e. The molecule has 0 saturated heterocycles. The Kier molecular flexibility index (Phi) is 69.3. The lowest BCUT2D eigenvalue weighted by atomic mass is 10.3. The van der Waals surface area contributed by atoms with E-state index in [-0.39, 0.29) is 0 Å². The lowest BCUT2D eigenvalue weighted by Gasteiger charge is -1.80. The van der Waals surface area contributed by atoms with E-state index in [9.17, 15) is 4.79 Å². The monoisotopic (exact) mass is 380 g/mol. The first kappa shape index (κ1) is 36.3. The Morgan fingerprint density at radius 1 is 0.577 bits per heavy atom. The number of carbonyl (C=O) groups is 1. The number of aliphatic carboxylic acids is 1. The van der Waals surface area contributed by atoms with Crippen LogP contribution in [0.1, 0.15) is 98.8 Å². The van der Waals surface area contributed by atoms with Gasteiger partial charge in [0, 0.05) is 6.42 Å². The highest BCUT2D eigenvalue weighted by atomic mass is 16.4. The molecule has 0 aliphatic rings. The molecule has 0 aromatic heterocycles. The Morgan fingerprint density at radius 2 is 0.808 bits per heavy atom. The molecule has 0 aromatic rings. The zero-order chi connectivity index (χ0) is 21.5. The standard InChI is InChI=1S/4C4H11N.C4H8O2/c4*1-2-3-4-5;1-2-3-4(5)6/h4*2-5H2,1H3;2-3H2,1H3,(H,5,6). The zero-order valence-corrected chi connectivity index (χ0v) is 18.6. The van der Waals surface area contributed by atoms with Crippen molar-refractivity contribution in [2.75, 3.05) is 26.2 Å². The molecule has 0 radical (unpaired) electrons. The minimum Gasteiger partial charge on any atom is -0.481 e. The molecular formula is C20H52N4O2. The number of rotatable bonds is 10. The van der Waals surface area contributed by atoms with Crippen LogP contribution in [0.4, 0.5) is 0 Å². The summed E-state index contributed by atoms with van der Waals surface area (Å²) in [5.41, 5.74) is 20.6. The van der Waals surface area contributed by atoms with Crippen LogP contribution in [0.15, 0.2) is 0 Å². The number of hydrogen-bond acceptors (Lipinski definition) is 5. The number of carboxylic acids is 1. The van der Waals surface area contributed by atoms with Crippen LogP contribution in [0.3, 0.4) is 0 Å². The van der Waals surface area contributed by atoms with E-state index in [1.165, 1.54) is 51.4 Å². The number of nitrogens with two attached hydrogens (primary N) is 4. The maximum atomic E-state index is 9.60. The normalized spacial score (nSPS) is 8.35. The van der Waals surface area contributed by atoms with Crippen molar-refractivity contribution in [2.45, 2.75) is 98.8 Å². The van der Waals surface area contributed by atoms with Crippen molar-refractivity contribution in [2.24, 2.45) is 22.9 Å². The van der Waals surface area contributed by atoms with Crippen LogP contribution in [0.2, 0.25) is 0 Å². The van der Waals surface area contributed by atoms with Gasteiger partial charge in [0.05, 0.1) is 0 Å². The number of carboxylic acid groups (broad SMARTS) is 1. The molecule has 0 heterocycles. The van der Waals surface area contributed by atoms with E-state index in [4.69, 9.17) is 28.0 Å². The van der Waals surface area contributed by atoms with Crippen molar-refractivity contribution >= 4 is 5.97 Å². The second kappa shape index (κ2) is 49.7.